The van der Waals surface area contributed by atoms with Gasteiger partial charge in [-0.3, -0.25) is 14.8 Å². The number of pyridine rings is 1. The molecule has 0 aromatic carbocycles. The van der Waals surface area contributed by atoms with Crippen molar-refractivity contribution in [1.82, 2.24) is 25.0 Å². The first-order chi connectivity index (χ1) is 8.88. The first-order valence-corrected chi connectivity index (χ1v) is 6.20. The molecule has 0 radical (unpaired) electrons. The highest BCUT2D eigenvalue weighted by Crippen LogP contribution is 2.30. The minimum Gasteiger partial charge on any atom is -0.278 e. The fourth-order valence-electron chi connectivity index (χ4n) is 2.16. The average molecular weight is 239 g/mol. The van der Waals surface area contributed by atoms with Crippen molar-refractivity contribution in [3.05, 3.63) is 30.9 Å². The molecule has 3 aromatic heterocycles. The van der Waals surface area contributed by atoms with Crippen molar-refractivity contribution in [3.63, 3.8) is 0 Å². The Bertz CT molecular complexity index is 692. The minimum absolute atomic E-state index is 0.834. The number of H-pyrrole nitrogens is 1. The van der Waals surface area contributed by atoms with Crippen molar-refractivity contribution in [1.29, 1.82) is 0 Å². The molecule has 5 heteroatoms. The Morgan fingerprint density at radius 3 is 3.11 bits per heavy atom. The Kier molecular flexibility index (Phi) is 2.00. The van der Waals surface area contributed by atoms with Crippen LogP contribution in [-0.2, 0) is 6.54 Å². The van der Waals surface area contributed by atoms with E-state index in [1.54, 1.807) is 6.20 Å². The smallest absolute Gasteiger partial charge is 0.0755 e. The molecule has 0 spiro atoms. The van der Waals surface area contributed by atoms with Gasteiger partial charge in [-0.15, -0.1) is 0 Å². The van der Waals surface area contributed by atoms with Crippen LogP contribution in [0.2, 0.25) is 0 Å². The third-order valence-electron chi connectivity index (χ3n) is 3.39. The van der Waals surface area contributed by atoms with Gasteiger partial charge in [0.15, 0.2) is 0 Å². The van der Waals surface area contributed by atoms with Gasteiger partial charge in [-0.25, -0.2) is 0 Å². The van der Waals surface area contributed by atoms with Gasteiger partial charge < -0.3 is 0 Å². The van der Waals surface area contributed by atoms with Gasteiger partial charge in [0.25, 0.3) is 0 Å². The van der Waals surface area contributed by atoms with Crippen LogP contribution < -0.4 is 0 Å². The zero-order chi connectivity index (χ0) is 11.9. The van der Waals surface area contributed by atoms with Gasteiger partial charge in [-0.1, -0.05) is 0 Å². The Balaban J connectivity index is 1.69. The molecule has 0 bridgehead atoms. The largest absolute Gasteiger partial charge is 0.278 e. The van der Waals surface area contributed by atoms with Gasteiger partial charge >= 0.3 is 0 Å². The number of aromatic amines is 1. The number of hydrogen-bond donors (Lipinski definition) is 1. The molecule has 3 aromatic rings. The number of nitrogens with one attached hydrogen (secondary N) is 1. The molecule has 1 N–H and O–H groups in total. The Morgan fingerprint density at radius 2 is 2.22 bits per heavy atom. The molecule has 90 valence electrons. The number of fused-ring (bicyclic) bond motifs is 1. The van der Waals surface area contributed by atoms with Gasteiger partial charge in [0.2, 0.25) is 0 Å². The van der Waals surface area contributed by atoms with E-state index < -0.39 is 0 Å². The lowest BCUT2D eigenvalue weighted by atomic mass is 10.2. The number of hydrogen-bond acceptors (Lipinski definition) is 3. The lowest BCUT2D eigenvalue weighted by Gasteiger charge is -1.98. The van der Waals surface area contributed by atoms with E-state index in [0.29, 0.717) is 0 Å². The molecule has 18 heavy (non-hydrogen) atoms. The molecule has 0 atom stereocenters. The van der Waals surface area contributed by atoms with E-state index in [-0.39, 0.29) is 0 Å². The molecule has 3 heterocycles. The Morgan fingerprint density at radius 1 is 1.28 bits per heavy atom. The SMILES string of the molecule is c1nn(CC2CC2)cc1-c1cc2[nH]ncc2cn1. The summed E-state index contributed by atoms with van der Waals surface area (Å²) in [5.74, 6) is 0.834. The molecule has 0 aliphatic heterocycles. The van der Waals surface area contributed by atoms with Crippen LogP contribution in [0.15, 0.2) is 30.9 Å². The monoisotopic (exact) mass is 239 g/mol. The van der Waals surface area contributed by atoms with Crippen LogP contribution in [0.4, 0.5) is 0 Å². The molecule has 5 nitrogen and oxygen atoms in total. The summed E-state index contributed by atoms with van der Waals surface area (Å²) in [6.45, 7) is 1.03. The van der Waals surface area contributed by atoms with E-state index in [1.165, 1.54) is 12.8 Å². The van der Waals surface area contributed by atoms with Crippen LogP contribution in [0.1, 0.15) is 12.8 Å². The Labute approximate surface area is 104 Å². The highest BCUT2D eigenvalue weighted by Gasteiger charge is 2.22. The number of nitrogens with zero attached hydrogens (tertiary/aromatic N) is 4. The van der Waals surface area contributed by atoms with E-state index in [4.69, 9.17) is 0 Å². The maximum atomic E-state index is 4.44. The summed E-state index contributed by atoms with van der Waals surface area (Å²) in [5.41, 5.74) is 3.01. The van der Waals surface area contributed by atoms with Crippen LogP contribution in [0.25, 0.3) is 22.2 Å². The quantitative estimate of drug-likeness (QED) is 0.762. The van der Waals surface area contributed by atoms with Crippen molar-refractivity contribution in [2.75, 3.05) is 0 Å². The van der Waals surface area contributed by atoms with Crippen molar-refractivity contribution >= 4 is 10.9 Å². The van der Waals surface area contributed by atoms with Crippen molar-refractivity contribution in [2.45, 2.75) is 19.4 Å². The second-order valence-corrected chi connectivity index (χ2v) is 4.92. The van der Waals surface area contributed by atoms with Crippen molar-refractivity contribution in [2.24, 2.45) is 5.92 Å². The maximum absolute atomic E-state index is 4.44. The summed E-state index contributed by atoms with van der Waals surface area (Å²) in [6, 6.07) is 2.01. The molecule has 1 fully saturated rings. The van der Waals surface area contributed by atoms with Crippen LogP contribution in [-0.4, -0.2) is 25.0 Å². The van der Waals surface area contributed by atoms with Gasteiger partial charge in [0.1, 0.15) is 0 Å². The topological polar surface area (TPSA) is 59.4 Å². The fraction of sp³-hybridized carbons (Fsp3) is 0.308. The van der Waals surface area contributed by atoms with Gasteiger partial charge in [-0.05, 0) is 24.8 Å². The highest BCUT2D eigenvalue weighted by atomic mass is 15.3. The number of rotatable bonds is 3. The second kappa shape index (κ2) is 3.66. The molecule has 0 unspecified atom stereocenters. The summed E-state index contributed by atoms with van der Waals surface area (Å²) in [7, 11) is 0. The standard InChI is InChI=1S/C13H13N5/c1-2-9(1)7-18-8-11(6-16-18)12-3-13-10(4-14-12)5-15-17-13/h3-6,8-9H,1-2,7H2,(H,15,17). The molecule has 1 aliphatic rings. The average Bonchev–Trinajstić information content (AvgIpc) is 2.91. The van der Waals surface area contributed by atoms with Crippen LogP contribution >= 0.6 is 0 Å². The molecular weight excluding hydrogens is 226 g/mol. The predicted molar refractivity (Wildman–Crippen MR) is 67.8 cm³/mol. The fourth-order valence-corrected chi connectivity index (χ4v) is 2.16. The number of aromatic nitrogens is 5. The third kappa shape index (κ3) is 1.68. The normalized spacial score (nSPS) is 15.3. The molecule has 0 saturated heterocycles. The van der Waals surface area contributed by atoms with Gasteiger partial charge in [0.05, 0.1) is 23.6 Å². The lowest BCUT2D eigenvalue weighted by molar-refractivity contribution is 0.563. The summed E-state index contributed by atoms with van der Waals surface area (Å²) >= 11 is 0. The summed E-state index contributed by atoms with van der Waals surface area (Å²) in [5, 5.41) is 12.4. The zero-order valence-electron chi connectivity index (χ0n) is 9.87. The van der Waals surface area contributed by atoms with Gasteiger partial charge in [0, 0.05) is 29.9 Å². The van der Waals surface area contributed by atoms with Crippen LogP contribution in [0.5, 0.6) is 0 Å². The first kappa shape index (κ1) is 9.82. The van der Waals surface area contributed by atoms with Gasteiger partial charge in [-0.2, -0.15) is 10.2 Å². The first-order valence-electron chi connectivity index (χ1n) is 6.20. The molecular formula is C13H13N5. The molecule has 1 saturated carbocycles. The van der Waals surface area contributed by atoms with E-state index in [1.807, 2.05) is 23.1 Å². The third-order valence-corrected chi connectivity index (χ3v) is 3.39. The summed E-state index contributed by atoms with van der Waals surface area (Å²) in [4.78, 5) is 4.44. The van der Waals surface area contributed by atoms with Crippen LogP contribution in [0, 0.1) is 5.92 Å². The summed E-state index contributed by atoms with van der Waals surface area (Å²) < 4.78 is 2.02. The van der Waals surface area contributed by atoms with Crippen molar-refractivity contribution < 1.29 is 0 Å². The highest BCUT2D eigenvalue weighted by molar-refractivity contribution is 5.80. The maximum Gasteiger partial charge on any atom is 0.0755 e. The minimum atomic E-state index is 0.834. The van der Waals surface area contributed by atoms with Crippen molar-refractivity contribution in [3.8, 4) is 11.3 Å². The predicted octanol–water partition coefficient (Wildman–Crippen LogP) is 2.23. The van der Waals surface area contributed by atoms with Crippen LogP contribution in [0.3, 0.4) is 0 Å². The van der Waals surface area contributed by atoms with E-state index in [0.717, 1.165) is 34.6 Å². The second-order valence-electron chi connectivity index (χ2n) is 4.92. The van der Waals surface area contributed by atoms with E-state index in [2.05, 4.69) is 26.5 Å². The summed E-state index contributed by atoms with van der Waals surface area (Å²) in [6.07, 6.45) is 10.3. The van der Waals surface area contributed by atoms with E-state index in [9.17, 15) is 0 Å². The lowest BCUT2D eigenvalue weighted by Crippen LogP contribution is -1.99. The van der Waals surface area contributed by atoms with E-state index >= 15 is 0 Å². The Hall–Kier alpha value is -2.17. The molecule has 4 rings (SSSR count). The zero-order valence-corrected chi connectivity index (χ0v) is 9.87. The molecule has 1 aliphatic carbocycles. The molecule has 0 amide bonds.